The van der Waals surface area contributed by atoms with Gasteiger partial charge in [0.2, 0.25) is 0 Å². The second-order valence-electron chi connectivity index (χ2n) is 6.41. The number of carbonyl (C=O) groups is 1. The van der Waals surface area contributed by atoms with Gasteiger partial charge in [0.15, 0.2) is 10.9 Å². The van der Waals surface area contributed by atoms with Gasteiger partial charge in [0, 0.05) is 23.0 Å². The van der Waals surface area contributed by atoms with Crippen molar-refractivity contribution in [1.29, 1.82) is 0 Å². The van der Waals surface area contributed by atoms with Crippen LogP contribution in [0.4, 0.5) is 0 Å². The molecule has 3 aromatic rings. The summed E-state index contributed by atoms with van der Waals surface area (Å²) in [4.78, 5) is 12.7. The van der Waals surface area contributed by atoms with E-state index < -0.39 is 0 Å². The molecule has 7 heteroatoms. The first-order valence-electron chi connectivity index (χ1n) is 8.38. The van der Waals surface area contributed by atoms with Crippen LogP contribution in [0.15, 0.2) is 40.4 Å². The van der Waals surface area contributed by atoms with Gasteiger partial charge in [-0.1, -0.05) is 11.8 Å². The maximum Gasteiger partial charge on any atom is 0.191 e. The lowest BCUT2D eigenvalue weighted by Gasteiger charge is -2.08. The van der Waals surface area contributed by atoms with Crippen LogP contribution in [0.1, 0.15) is 46.4 Å². The van der Waals surface area contributed by atoms with Crippen LogP contribution >= 0.6 is 11.8 Å². The van der Waals surface area contributed by atoms with Crippen LogP contribution in [0.3, 0.4) is 0 Å². The van der Waals surface area contributed by atoms with Gasteiger partial charge in [-0.25, -0.2) is 0 Å². The number of hydrogen-bond acceptors (Lipinski definition) is 5. The first-order chi connectivity index (χ1) is 12.1. The van der Waals surface area contributed by atoms with Gasteiger partial charge in [0.25, 0.3) is 0 Å². The summed E-state index contributed by atoms with van der Waals surface area (Å²) in [5.74, 6) is 1.37. The second kappa shape index (κ2) is 6.55. The zero-order chi connectivity index (χ0) is 17.4. The van der Waals surface area contributed by atoms with Crippen LogP contribution in [0.2, 0.25) is 0 Å². The molecular weight excluding hydrogens is 336 g/mol. The second-order valence-corrected chi connectivity index (χ2v) is 7.36. The molecule has 4 rings (SSSR count). The van der Waals surface area contributed by atoms with Crippen molar-refractivity contribution in [1.82, 2.24) is 19.3 Å². The topological polar surface area (TPSA) is 65.8 Å². The zero-order valence-electron chi connectivity index (χ0n) is 14.3. The Morgan fingerprint density at radius 2 is 2.24 bits per heavy atom. The third-order valence-electron chi connectivity index (χ3n) is 4.58. The zero-order valence-corrected chi connectivity index (χ0v) is 15.1. The number of hydrogen-bond donors (Lipinski definition) is 0. The lowest BCUT2D eigenvalue weighted by Crippen LogP contribution is -2.08. The fourth-order valence-corrected chi connectivity index (χ4v) is 3.90. The van der Waals surface area contributed by atoms with Crippen LogP contribution in [0.25, 0.3) is 0 Å². The molecule has 3 aromatic heterocycles. The lowest BCUT2D eigenvalue weighted by molar-refractivity contribution is 0.102. The standard InChI is InChI=1S/C18H20N4O2S/c1-12-8-16(13(2)21(12)9-15-4-3-7-24-15)17(23)10-25-18-20-19-11-22(18)14-5-6-14/h3-4,7-8,11,14H,5-6,9-10H2,1-2H3. The highest BCUT2D eigenvalue weighted by Gasteiger charge is 2.26. The van der Waals surface area contributed by atoms with Crippen LogP contribution < -0.4 is 0 Å². The van der Waals surface area contributed by atoms with Crippen molar-refractivity contribution in [3.63, 3.8) is 0 Å². The molecule has 1 aliphatic carbocycles. The third kappa shape index (κ3) is 3.28. The molecule has 1 fully saturated rings. The van der Waals surface area contributed by atoms with E-state index in [1.54, 1.807) is 12.6 Å². The van der Waals surface area contributed by atoms with Crippen LogP contribution in [-0.4, -0.2) is 30.9 Å². The van der Waals surface area contributed by atoms with Gasteiger partial charge in [-0.3, -0.25) is 4.79 Å². The van der Waals surface area contributed by atoms with Gasteiger partial charge >= 0.3 is 0 Å². The van der Waals surface area contributed by atoms with E-state index in [4.69, 9.17) is 4.42 Å². The lowest BCUT2D eigenvalue weighted by atomic mass is 10.2. The minimum Gasteiger partial charge on any atom is -0.467 e. The molecule has 6 nitrogen and oxygen atoms in total. The molecule has 3 heterocycles. The fraction of sp³-hybridized carbons (Fsp3) is 0.389. The number of rotatable bonds is 7. The Bertz CT molecular complexity index is 890. The Morgan fingerprint density at radius 3 is 2.96 bits per heavy atom. The summed E-state index contributed by atoms with van der Waals surface area (Å²) < 4.78 is 9.62. The average Bonchev–Trinajstić information content (AvgIpc) is 3.02. The predicted molar refractivity (Wildman–Crippen MR) is 95.1 cm³/mol. The SMILES string of the molecule is Cc1cc(C(=O)CSc2nncn2C2CC2)c(C)n1Cc1ccco1. The minimum absolute atomic E-state index is 0.120. The highest BCUT2D eigenvalue weighted by Crippen LogP contribution is 2.37. The van der Waals surface area contributed by atoms with Gasteiger partial charge in [-0.2, -0.15) is 0 Å². The maximum atomic E-state index is 12.7. The Morgan fingerprint density at radius 1 is 1.40 bits per heavy atom. The number of aromatic nitrogens is 4. The van der Waals surface area contributed by atoms with Gasteiger partial charge in [0.05, 0.1) is 18.6 Å². The van der Waals surface area contributed by atoms with E-state index >= 15 is 0 Å². The summed E-state index contributed by atoms with van der Waals surface area (Å²) in [7, 11) is 0. The van der Waals surface area contributed by atoms with E-state index in [-0.39, 0.29) is 5.78 Å². The van der Waals surface area contributed by atoms with E-state index in [1.807, 2.05) is 32.0 Å². The molecule has 130 valence electrons. The molecule has 25 heavy (non-hydrogen) atoms. The van der Waals surface area contributed by atoms with Crippen molar-refractivity contribution in [3.05, 3.63) is 53.5 Å². The molecule has 0 bridgehead atoms. The number of nitrogens with zero attached hydrogens (tertiary/aromatic N) is 4. The first kappa shape index (κ1) is 16.2. The summed E-state index contributed by atoms with van der Waals surface area (Å²) in [5.41, 5.74) is 2.81. The quantitative estimate of drug-likeness (QED) is 0.477. The average molecular weight is 356 g/mol. The van der Waals surface area contributed by atoms with E-state index in [0.29, 0.717) is 18.3 Å². The molecule has 0 amide bonds. The van der Waals surface area contributed by atoms with Gasteiger partial charge in [-0.15, -0.1) is 10.2 Å². The summed E-state index contributed by atoms with van der Waals surface area (Å²) in [5, 5.41) is 8.96. The highest BCUT2D eigenvalue weighted by molar-refractivity contribution is 7.99. The van der Waals surface area contributed by atoms with Crippen LogP contribution in [0, 0.1) is 13.8 Å². The molecule has 0 unspecified atom stereocenters. The number of carbonyl (C=O) groups excluding carboxylic acids is 1. The molecule has 1 saturated carbocycles. The molecule has 1 aliphatic rings. The van der Waals surface area contributed by atoms with Gasteiger partial charge < -0.3 is 13.6 Å². The Labute approximate surface area is 150 Å². The predicted octanol–water partition coefficient (Wildman–Crippen LogP) is 3.65. The van der Waals surface area contributed by atoms with E-state index in [2.05, 4.69) is 19.3 Å². The van der Waals surface area contributed by atoms with Crippen molar-refractivity contribution in [2.75, 3.05) is 5.75 Å². The van der Waals surface area contributed by atoms with Crippen molar-refractivity contribution < 1.29 is 9.21 Å². The molecule has 0 spiro atoms. The smallest absolute Gasteiger partial charge is 0.191 e. The van der Waals surface area contributed by atoms with E-state index in [1.165, 1.54) is 24.6 Å². The number of aryl methyl sites for hydroxylation is 1. The van der Waals surface area contributed by atoms with Crippen molar-refractivity contribution in [2.24, 2.45) is 0 Å². The highest BCUT2D eigenvalue weighted by atomic mass is 32.2. The summed E-state index contributed by atoms with van der Waals surface area (Å²) >= 11 is 1.47. The molecule has 0 atom stereocenters. The summed E-state index contributed by atoms with van der Waals surface area (Å²) in [6.07, 6.45) is 5.78. The molecule has 0 saturated heterocycles. The molecule has 0 radical (unpaired) electrons. The molecule has 0 aromatic carbocycles. The number of ketones is 1. The third-order valence-corrected chi connectivity index (χ3v) is 5.54. The number of thioether (sulfide) groups is 1. The van der Waals surface area contributed by atoms with E-state index in [0.717, 1.165) is 27.9 Å². The Hall–Kier alpha value is -2.28. The molecule has 0 N–H and O–H groups in total. The van der Waals surface area contributed by atoms with Crippen molar-refractivity contribution >= 4 is 17.5 Å². The summed E-state index contributed by atoms with van der Waals surface area (Å²) in [6, 6.07) is 6.31. The minimum atomic E-state index is 0.120. The van der Waals surface area contributed by atoms with Crippen LogP contribution in [0.5, 0.6) is 0 Å². The monoisotopic (exact) mass is 356 g/mol. The summed E-state index contributed by atoms with van der Waals surface area (Å²) in [6.45, 7) is 4.64. The largest absolute Gasteiger partial charge is 0.467 e. The van der Waals surface area contributed by atoms with Gasteiger partial charge in [0.1, 0.15) is 12.1 Å². The Kier molecular flexibility index (Phi) is 4.25. The maximum absolute atomic E-state index is 12.7. The fourth-order valence-electron chi connectivity index (χ4n) is 3.03. The Balaban J connectivity index is 1.47. The number of Topliss-reactive ketones (excluding diaryl/α,β-unsaturated/α-hetero) is 1. The van der Waals surface area contributed by atoms with Crippen molar-refractivity contribution in [3.8, 4) is 0 Å². The normalized spacial score (nSPS) is 14.2. The molecular formula is C18H20N4O2S. The van der Waals surface area contributed by atoms with Crippen LogP contribution in [-0.2, 0) is 6.54 Å². The first-order valence-corrected chi connectivity index (χ1v) is 9.36. The van der Waals surface area contributed by atoms with Crippen molar-refractivity contribution in [2.45, 2.75) is 44.4 Å². The molecule has 0 aliphatic heterocycles. The van der Waals surface area contributed by atoms with Gasteiger partial charge in [-0.05, 0) is 44.9 Å². The number of furan rings is 1. The van der Waals surface area contributed by atoms with E-state index in [9.17, 15) is 4.79 Å².